The molecule has 12 unspecified atom stereocenters. The molecule has 6 rings (SSSR count). The molecule has 6 aliphatic heterocycles. The van der Waals surface area contributed by atoms with Gasteiger partial charge in [0.2, 0.25) is 0 Å². The highest BCUT2D eigenvalue weighted by Crippen LogP contribution is 2.39. The van der Waals surface area contributed by atoms with Crippen LogP contribution in [0.3, 0.4) is 0 Å². The second kappa shape index (κ2) is 28.3. The first-order valence-electron chi connectivity index (χ1n) is 24.6. The first-order valence-corrected chi connectivity index (χ1v) is 26.1. The molecule has 0 radical (unpaired) electrons. The van der Waals surface area contributed by atoms with E-state index in [1.807, 2.05) is 0 Å². The summed E-state index contributed by atoms with van der Waals surface area (Å²) in [7, 11) is -5.19. The van der Waals surface area contributed by atoms with E-state index in [1.165, 1.54) is 6.92 Å². The zero-order valence-corrected chi connectivity index (χ0v) is 42.1. The lowest BCUT2D eigenvalue weighted by atomic mass is 9.96. The van der Waals surface area contributed by atoms with E-state index in [0.29, 0.717) is 0 Å². The highest BCUT2D eigenvalue weighted by molar-refractivity contribution is 7.46. The van der Waals surface area contributed by atoms with Gasteiger partial charge in [0.25, 0.3) is 0 Å². The summed E-state index contributed by atoms with van der Waals surface area (Å²) in [5, 5.41) is 183. The number of carbonyl (C=O) groups excluding carboxylic acids is 1. The third-order valence-electron chi connectivity index (χ3n) is 13.8. The predicted molar refractivity (Wildman–Crippen MR) is 237 cm³/mol. The van der Waals surface area contributed by atoms with Crippen LogP contribution in [0.25, 0.3) is 0 Å². The molecule has 0 aromatic heterocycles. The molecule has 0 saturated carbocycles. The molecule has 450 valence electrons. The molecule has 0 aromatic rings. The van der Waals surface area contributed by atoms with Gasteiger partial charge in [-0.2, -0.15) is 0 Å². The minimum Gasteiger partial charge on any atom is -0.394 e. The maximum absolute atomic E-state index is 11.8. The molecule has 0 bridgehead atoms. The number of aliphatic hydroxyl groups is 17. The van der Waals surface area contributed by atoms with Crippen LogP contribution in [0.5, 0.6) is 0 Å². The molecule has 34 nitrogen and oxygen atoms in total. The Hall–Kier alpha value is -1.38. The number of phosphoric acid groups is 1. The lowest BCUT2D eigenvalue weighted by Gasteiger charge is -2.48. The molecule has 6 fully saturated rings. The fourth-order valence-corrected chi connectivity index (χ4v) is 9.59. The van der Waals surface area contributed by atoms with Crippen LogP contribution < -0.4 is 0 Å². The quantitative estimate of drug-likeness (QED) is 0.0334. The predicted octanol–water partition coefficient (Wildman–Crippen LogP) is -11.2. The van der Waals surface area contributed by atoms with E-state index in [1.54, 1.807) is 6.92 Å². The third-order valence-corrected chi connectivity index (χ3v) is 14.3. The Morgan fingerprint density at radius 2 is 0.792 bits per heavy atom. The second-order valence-electron chi connectivity index (χ2n) is 19.3. The van der Waals surface area contributed by atoms with Crippen LogP contribution in [-0.4, -0.2) is 326 Å². The number of phosphoric ester groups is 1. The van der Waals surface area contributed by atoms with Crippen molar-refractivity contribution in [3.63, 3.8) is 0 Å². The van der Waals surface area contributed by atoms with Gasteiger partial charge in [-0.3, -0.25) is 4.52 Å². The average Bonchev–Trinajstić information content (AvgIpc) is 3.40. The minimum absolute atomic E-state index is 0.0103. The minimum atomic E-state index is -5.19. The van der Waals surface area contributed by atoms with E-state index in [0.717, 1.165) is 0 Å². The van der Waals surface area contributed by atoms with E-state index in [4.69, 9.17) is 56.8 Å². The Bertz CT molecular complexity index is 1860. The van der Waals surface area contributed by atoms with Gasteiger partial charge in [-0.05, 0) is 19.8 Å². The Morgan fingerprint density at radius 1 is 0.416 bits per heavy atom. The van der Waals surface area contributed by atoms with Crippen molar-refractivity contribution in [1.82, 2.24) is 0 Å². The molecule has 0 aliphatic carbocycles. The fraction of sp³-hybridized carbons (Fsp3) is 0.976. The number of ether oxygens (including phenoxy) is 12. The van der Waals surface area contributed by atoms with Gasteiger partial charge in [0.15, 0.2) is 37.7 Å². The number of ketones is 1. The molecule has 0 spiro atoms. The van der Waals surface area contributed by atoms with Gasteiger partial charge < -0.3 is 158 Å². The van der Waals surface area contributed by atoms with Crippen molar-refractivity contribution in [1.29, 1.82) is 0 Å². The van der Waals surface area contributed by atoms with Gasteiger partial charge in [-0.15, -0.1) is 0 Å². The summed E-state index contributed by atoms with van der Waals surface area (Å²) in [5.41, 5.74) is 0. The summed E-state index contributed by atoms with van der Waals surface area (Å²) in [4.78, 5) is 30.0. The highest BCUT2D eigenvalue weighted by Gasteiger charge is 2.56. The van der Waals surface area contributed by atoms with E-state index in [9.17, 15) is 106 Å². The summed E-state index contributed by atoms with van der Waals surface area (Å²) in [6.45, 7) is -2.03. The van der Waals surface area contributed by atoms with Gasteiger partial charge in [-0.1, -0.05) is 6.92 Å². The number of rotatable bonds is 23. The zero-order chi connectivity index (χ0) is 57.0. The fourth-order valence-electron chi connectivity index (χ4n) is 9.24. The first-order chi connectivity index (χ1) is 36.2. The van der Waals surface area contributed by atoms with Crippen LogP contribution in [0.15, 0.2) is 0 Å². The van der Waals surface area contributed by atoms with Gasteiger partial charge in [-0.25, -0.2) is 4.57 Å². The topological polar surface area (TPSA) is 539 Å². The SMILES string of the molecule is CCC1O[C@@H](OC2[C@@H](OCC3O[C@H](OCC4O[C@@H](OCCCC(C)=O)C(O)[C@@H](O[C@H]5OC(CO)[C@@H](O)[C@H](O)C5O[C@H]5OC(COP(=O)(O)O)[C@@H](O)[C@H](O)C5O)[C@@H]4O)C(O)[C@@H](O)[C@@H]3O)OC(CO)[C@@H](O)[C@@H]2O)C(O)[C@@H](O)[C@@H]1O. The molecule has 30 atom stereocenters. The van der Waals surface area contributed by atoms with E-state index < -0.39 is 225 Å². The Morgan fingerprint density at radius 3 is 1.29 bits per heavy atom. The third kappa shape index (κ3) is 15.4. The van der Waals surface area contributed by atoms with Crippen LogP contribution >= 0.6 is 7.82 Å². The normalized spacial score (nSPS) is 48.2. The maximum Gasteiger partial charge on any atom is 0.469 e. The summed E-state index contributed by atoms with van der Waals surface area (Å²) < 4.78 is 84.2. The molecule has 6 aliphatic rings. The number of carbonyl (C=O) groups is 1. The van der Waals surface area contributed by atoms with Crippen molar-refractivity contribution in [2.24, 2.45) is 0 Å². The van der Waals surface area contributed by atoms with Crippen molar-refractivity contribution >= 4 is 13.6 Å². The largest absolute Gasteiger partial charge is 0.469 e. The number of Topliss-reactive ketones (excluding diaryl/α,β-unsaturated/α-hetero) is 1. The van der Waals surface area contributed by atoms with Crippen molar-refractivity contribution in [2.45, 2.75) is 217 Å². The molecule has 35 heteroatoms. The van der Waals surface area contributed by atoms with Crippen LogP contribution in [0.4, 0.5) is 0 Å². The Labute approximate surface area is 437 Å². The molecule has 6 heterocycles. The van der Waals surface area contributed by atoms with Crippen LogP contribution in [0.2, 0.25) is 0 Å². The average molecular weight is 1150 g/mol. The second-order valence-corrected chi connectivity index (χ2v) is 20.6. The van der Waals surface area contributed by atoms with Crippen molar-refractivity contribution in [3.05, 3.63) is 0 Å². The van der Waals surface area contributed by atoms with Gasteiger partial charge in [0.1, 0.15) is 146 Å². The van der Waals surface area contributed by atoms with Crippen molar-refractivity contribution < 1.29 is 167 Å². The standard InChI is InChI=1S/C42H73O34P/c1-3-13-19(46)25(52)31(58)39(68-13)75-35-28(55)20(47)14(7-43)69-41(35)66-9-16-22(49)26(53)30(57)37(71-16)65-10-17-24(51)34(33(60)38(72-17)64-6-4-5-12(2)45)74-42-36(29(56)21(48)15(8-44)70-42)76-40-32(59)27(54)23(50)18(73-40)11-67-77(61,62)63/h13-44,46-60H,3-11H2,1-2H3,(H2,61,62,63)/t13?,14?,15?,16?,17?,18?,19-,20-,21-,22-,23-,24-,25+,26+,27+,28+,29+,30?,31?,32?,33?,34+,35?,36?,37+,38-,39+,40-,41+,42-/m1/s1. The van der Waals surface area contributed by atoms with E-state index >= 15 is 0 Å². The van der Waals surface area contributed by atoms with Gasteiger partial charge in [0.05, 0.1) is 45.7 Å². The lowest BCUT2D eigenvalue weighted by molar-refractivity contribution is -0.391. The van der Waals surface area contributed by atoms with Crippen LogP contribution in [0, 0.1) is 0 Å². The highest BCUT2D eigenvalue weighted by atomic mass is 31.2. The van der Waals surface area contributed by atoms with Crippen molar-refractivity contribution in [3.8, 4) is 0 Å². The number of hydrogen-bond acceptors (Lipinski definition) is 32. The van der Waals surface area contributed by atoms with Gasteiger partial charge in [0, 0.05) is 6.42 Å². The molecule has 0 aromatic carbocycles. The van der Waals surface area contributed by atoms with E-state index in [-0.39, 0.29) is 31.7 Å². The summed E-state index contributed by atoms with van der Waals surface area (Å²) in [6, 6.07) is 0. The van der Waals surface area contributed by atoms with Crippen molar-refractivity contribution in [2.75, 3.05) is 39.6 Å². The molecular formula is C42H73O34P. The molecule has 19 N–H and O–H groups in total. The molecule has 0 amide bonds. The summed E-state index contributed by atoms with van der Waals surface area (Å²) in [5.74, 6) is -0.232. The maximum atomic E-state index is 11.8. The zero-order valence-electron chi connectivity index (χ0n) is 41.3. The smallest absolute Gasteiger partial charge is 0.394 e. The first kappa shape index (κ1) is 64.8. The lowest BCUT2D eigenvalue weighted by Crippen LogP contribution is -2.67. The molecule has 77 heavy (non-hydrogen) atoms. The van der Waals surface area contributed by atoms with Crippen LogP contribution in [0.1, 0.15) is 33.1 Å². The number of aliphatic hydroxyl groups excluding tert-OH is 17. The molecule has 6 saturated heterocycles. The van der Waals surface area contributed by atoms with E-state index in [2.05, 4.69) is 4.52 Å². The molecular weight excluding hydrogens is 1080 g/mol. The monoisotopic (exact) mass is 1150 g/mol. The summed E-state index contributed by atoms with van der Waals surface area (Å²) in [6.07, 6.45) is -56.6. The Kier molecular flexibility index (Phi) is 23.8. The summed E-state index contributed by atoms with van der Waals surface area (Å²) >= 11 is 0. The van der Waals surface area contributed by atoms with Crippen LogP contribution in [-0.2, 0) is 70.7 Å². The van der Waals surface area contributed by atoms with Gasteiger partial charge >= 0.3 is 7.82 Å². The Balaban J connectivity index is 1.19. The number of hydrogen-bond donors (Lipinski definition) is 19.